The summed E-state index contributed by atoms with van der Waals surface area (Å²) in [6.07, 6.45) is 0. The molecule has 0 aliphatic heterocycles. The SMILES string of the molecule is COc1cc(CNCc2cccs2)cc(Br)c1OCc1ccc(C)cc1. The molecule has 2 aromatic carbocycles. The molecule has 0 unspecified atom stereocenters. The van der Waals surface area contributed by atoms with Crippen LogP contribution in [0.15, 0.2) is 58.4 Å². The van der Waals surface area contributed by atoms with E-state index in [-0.39, 0.29) is 0 Å². The van der Waals surface area contributed by atoms with Gasteiger partial charge in [-0.3, -0.25) is 0 Å². The van der Waals surface area contributed by atoms with Crippen LogP contribution in [-0.4, -0.2) is 7.11 Å². The van der Waals surface area contributed by atoms with Gasteiger partial charge in [-0.1, -0.05) is 35.9 Å². The van der Waals surface area contributed by atoms with E-state index in [1.54, 1.807) is 18.4 Å². The van der Waals surface area contributed by atoms with Crippen molar-refractivity contribution in [2.24, 2.45) is 0 Å². The van der Waals surface area contributed by atoms with Gasteiger partial charge in [0.15, 0.2) is 11.5 Å². The molecule has 0 spiro atoms. The van der Waals surface area contributed by atoms with Crippen molar-refractivity contribution in [2.45, 2.75) is 26.6 Å². The lowest BCUT2D eigenvalue weighted by Crippen LogP contribution is -2.12. The fourth-order valence-corrected chi connectivity index (χ4v) is 3.88. The monoisotopic (exact) mass is 431 g/mol. The molecule has 1 heterocycles. The zero-order valence-corrected chi connectivity index (χ0v) is 17.3. The number of hydrogen-bond acceptors (Lipinski definition) is 4. The Bertz CT molecular complexity index is 832. The number of benzene rings is 2. The van der Waals surface area contributed by atoms with E-state index in [1.165, 1.54) is 10.4 Å². The summed E-state index contributed by atoms with van der Waals surface area (Å²) in [5, 5.41) is 5.55. The average molecular weight is 432 g/mol. The number of thiophene rings is 1. The molecule has 0 aliphatic rings. The second-order valence-electron chi connectivity index (χ2n) is 6.07. The molecule has 26 heavy (non-hydrogen) atoms. The normalized spacial score (nSPS) is 10.7. The van der Waals surface area contributed by atoms with Gasteiger partial charge < -0.3 is 14.8 Å². The van der Waals surface area contributed by atoms with E-state index in [9.17, 15) is 0 Å². The molecule has 0 fully saturated rings. The summed E-state index contributed by atoms with van der Waals surface area (Å²) in [4.78, 5) is 1.33. The minimum atomic E-state index is 0.505. The first kappa shape index (κ1) is 19.0. The third-order valence-electron chi connectivity index (χ3n) is 4.00. The van der Waals surface area contributed by atoms with Crippen LogP contribution in [0.4, 0.5) is 0 Å². The third kappa shape index (κ3) is 5.10. The lowest BCUT2D eigenvalue weighted by atomic mass is 10.1. The third-order valence-corrected chi connectivity index (χ3v) is 5.47. The largest absolute Gasteiger partial charge is 0.493 e. The summed E-state index contributed by atoms with van der Waals surface area (Å²) in [5.74, 6) is 1.47. The molecule has 0 atom stereocenters. The molecule has 0 saturated heterocycles. The highest BCUT2D eigenvalue weighted by atomic mass is 79.9. The van der Waals surface area contributed by atoms with E-state index in [0.29, 0.717) is 6.61 Å². The number of rotatable bonds is 8. The van der Waals surface area contributed by atoms with Crippen molar-refractivity contribution in [3.63, 3.8) is 0 Å². The molecule has 3 nitrogen and oxygen atoms in total. The predicted molar refractivity (Wildman–Crippen MR) is 111 cm³/mol. The Kier molecular flexibility index (Phi) is 6.72. The molecule has 0 bridgehead atoms. The Balaban J connectivity index is 1.65. The lowest BCUT2D eigenvalue weighted by molar-refractivity contribution is 0.282. The van der Waals surface area contributed by atoms with Crippen molar-refractivity contribution < 1.29 is 9.47 Å². The molecule has 1 aromatic heterocycles. The van der Waals surface area contributed by atoms with Gasteiger partial charge in [-0.15, -0.1) is 11.3 Å². The standard InChI is InChI=1S/C21H22BrNO2S/c1-15-5-7-16(8-6-15)14-25-21-19(22)10-17(11-20(21)24-2)12-23-13-18-4-3-9-26-18/h3-11,23H,12-14H2,1-2H3. The first-order valence-corrected chi connectivity index (χ1v) is 10.1. The smallest absolute Gasteiger partial charge is 0.175 e. The Labute approximate surface area is 167 Å². The van der Waals surface area contributed by atoms with Crippen LogP contribution in [-0.2, 0) is 19.7 Å². The van der Waals surface area contributed by atoms with Crippen LogP contribution in [0.25, 0.3) is 0 Å². The highest BCUT2D eigenvalue weighted by molar-refractivity contribution is 9.10. The fraction of sp³-hybridized carbons (Fsp3) is 0.238. The van der Waals surface area contributed by atoms with Crippen LogP contribution < -0.4 is 14.8 Å². The van der Waals surface area contributed by atoms with Crippen LogP contribution in [0, 0.1) is 6.92 Å². The molecule has 0 radical (unpaired) electrons. The summed E-state index contributed by atoms with van der Waals surface area (Å²) in [7, 11) is 1.67. The van der Waals surface area contributed by atoms with Crippen molar-refractivity contribution in [1.29, 1.82) is 0 Å². The second kappa shape index (κ2) is 9.21. The van der Waals surface area contributed by atoms with Crippen LogP contribution in [0.2, 0.25) is 0 Å². The molecular formula is C21H22BrNO2S. The summed E-state index contributed by atoms with van der Waals surface area (Å²) < 4.78 is 12.5. The van der Waals surface area contributed by atoms with E-state index in [2.05, 4.69) is 76.0 Å². The van der Waals surface area contributed by atoms with Gasteiger partial charge in [0.1, 0.15) is 6.61 Å². The molecule has 3 rings (SSSR count). The lowest BCUT2D eigenvalue weighted by Gasteiger charge is -2.15. The maximum Gasteiger partial charge on any atom is 0.175 e. The number of aryl methyl sites for hydroxylation is 1. The molecule has 0 aliphatic carbocycles. The van der Waals surface area contributed by atoms with Gasteiger partial charge in [0.05, 0.1) is 11.6 Å². The summed E-state index contributed by atoms with van der Waals surface area (Å²) >= 11 is 5.38. The molecule has 5 heteroatoms. The van der Waals surface area contributed by atoms with E-state index in [4.69, 9.17) is 9.47 Å². The van der Waals surface area contributed by atoms with Gasteiger partial charge in [0.2, 0.25) is 0 Å². The minimum Gasteiger partial charge on any atom is -0.493 e. The Morgan fingerprint density at radius 3 is 2.54 bits per heavy atom. The summed E-state index contributed by atoms with van der Waals surface area (Å²) in [6.45, 7) is 4.22. The zero-order chi connectivity index (χ0) is 18.4. The zero-order valence-electron chi connectivity index (χ0n) is 14.9. The summed E-state index contributed by atoms with van der Waals surface area (Å²) in [5.41, 5.74) is 3.52. The number of halogens is 1. The number of nitrogens with one attached hydrogen (secondary N) is 1. The van der Waals surface area contributed by atoms with E-state index < -0.39 is 0 Å². The van der Waals surface area contributed by atoms with Crippen molar-refractivity contribution in [1.82, 2.24) is 5.32 Å². The topological polar surface area (TPSA) is 30.5 Å². The molecule has 0 saturated carbocycles. The molecule has 0 amide bonds. The number of hydrogen-bond donors (Lipinski definition) is 1. The van der Waals surface area contributed by atoms with Crippen molar-refractivity contribution in [3.8, 4) is 11.5 Å². The van der Waals surface area contributed by atoms with E-state index >= 15 is 0 Å². The molecular weight excluding hydrogens is 410 g/mol. The number of ether oxygens (including phenoxy) is 2. The maximum atomic E-state index is 6.01. The quantitative estimate of drug-likeness (QED) is 0.496. The van der Waals surface area contributed by atoms with Gasteiger partial charge in [-0.25, -0.2) is 0 Å². The predicted octanol–water partition coefficient (Wildman–Crippen LogP) is 5.70. The van der Waals surface area contributed by atoms with Gasteiger partial charge in [0.25, 0.3) is 0 Å². The fourth-order valence-electron chi connectivity index (χ4n) is 2.60. The highest BCUT2D eigenvalue weighted by Gasteiger charge is 2.12. The Morgan fingerprint density at radius 1 is 1.04 bits per heavy atom. The first-order chi connectivity index (χ1) is 12.7. The molecule has 3 aromatic rings. The second-order valence-corrected chi connectivity index (χ2v) is 7.95. The van der Waals surface area contributed by atoms with Crippen LogP contribution >= 0.6 is 27.3 Å². The summed E-state index contributed by atoms with van der Waals surface area (Å²) in [6, 6.07) is 16.7. The minimum absolute atomic E-state index is 0.505. The van der Waals surface area contributed by atoms with E-state index in [0.717, 1.165) is 40.2 Å². The average Bonchev–Trinajstić information content (AvgIpc) is 3.15. The van der Waals surface area contributed by atoms with Crippen LogP contribution in [0.1, 0.15) is 21.6 Å². The van der Waals surface area contributed by atoms with Gasteiger partial charge in [-0.05, 0) is 57.6 Å². The van der Waals surface area contributed by atoms with Crippen LogP contribution in [0.5, 0.6) is 11.5 Å². The van der Waals surface area contributed by atoms with Crippen molar-refractivity contribution >= 4 is 27.3 Å². The number of methoxy groups -OCH3 is 1. The molecule has 1 N–H and O–H groups in total. The van der Waals surface area contributed by atoms with E-state index in [1.807, 2.05) is 6.07 Å². The first-order valence-electron chi connectivity index (χ1n) is 8.43. The molecule has 136 valence electrons. The maximum absolute atomic E-state index is 6.01. The van der Waals surface area contributed by atoms with Gasteiger partial charge in [0, 0.05) is 18.0 Å². The van der Waals surface area contributed by atoms with Crippen LogP contribution in [0.3, 0.4) is 0 Å². The van der Waals surface area contributed by atoms with Gasteiger partial charge in [-0.2, -0.15) is 0 Å². The highest BCUT2D eigenvalue weighted by Crippen LogP contribution is 2.37. The van der Waals surface area contributed by atoms with Crippen molar-refractivity contribution in [2.75, 3.05) is 7.11 Å². The Hall–Kier alpha value is -1.82. The Morgan fingerprint density at radius 2 is 1.85 bits per heavy atom. The van der Waals surface area contributed by atoms with Crippen molar-refractivity contribution in [3.05, 3.63) is 80.0 Å². The van der Waals surface area contributed by atoms with Gasteiger partial charge >= 0.3 is 0 Å².